The monoisotopic (exact) mass is 394 g/mol. The molecule has 2 aromatic rings. The Morgan fingerprint density at radius 1 is 1.19 bits per heavy atom. The fraction of sp³-hybridized carbons (Fsp3) is 0.368. The van der Waals surface area contributed by atoms with Crippen LogP contribution in [0.25, 0.3) is 0 Å². The molecule has 5 nitrogen and oxygen atoms in total. The van der Waals surface area contributed by atoms with Crippen LogP contribution in [-0.4, -0.2) is 23.6 Å². The highest BCUT2D eigenvalue weighted by Crippen LogP contribution is 2.33. The molecule has 1 fully saturated rings. The van der Waals surface area contributed by atoms with Gasteiger partial charge in [-0.15, -0.1) is 0 Å². The third-order valence-electron chi connectivity index (χ3n) is 4.14. The van der Waals surface area contributed by atoms with Gasteiger partial charge in [0.25, 0.3) is 0 Å². The van der Waals surface area contributed by atoms with Gasteiger partial charge in [-0.05, 0) is 31.0 Å². The highest BCUT2D eigenvalue weighted by Gasteiger charge is 2.16. The molecule has 0 unspecified atom stereocenters. The number of nitrogens with zero attached hydrogens (tertiary/aromatic N) is 1. The van der Waals surface area contributed by atoms with Crippen LogP contribution >= 0.6 is 23.2 Å². The van der Waals surface area contributed by atoms with Crippen LogP contribution in [0.4, 0.5) is 5.69 Å². The fourth-order valence-electron chi connectivity index (χ4n) is 2.85. The van der Waals surface area contributed by atoms with Gasteiger partial charge < -0.3 is 14.8 Å². The molecular formula is C19H20Cl2N2O3. The third kappa shape index (κ3) is 5.34. The molecule has 0 radical (unpaired) electrons. The topological polar surface area (TPSA) is 60.5 Å². The molecule has 1 heterocycles. The van der Waals surface area contributed by atoms with Crippen molar-refractivity contribution in [2.45, 2.75) is 38.2 Å². The number of para-hydroxylation sites is 2. The minimum atomic E-state index is -0.221. The first-order valence-corrected chi connectivity index (χ1v) is 9.37. The first-order valence-electron chi connectivity index (χ1n) is 8.61. The second-order valence-corrected chi connectivity index (χ2v) is 7.00. The van der Waals surface area contributed by atoms with Crippen LogP contribution in [0.2, 0.25) is 10.0 Å². The van der Waals surface area contributed by atoms with E-state index in [0.717, 1.165) is 25.7 Å². The van der Waals surface area contributed by atoms with Crippen molar-refractivity contribution in [1.29, 1.82) is 0 Å². The summed E-state index contributed by atoms with van der Waals surface area (Å²) in [6, 6.07) is 8.63. The maximum absolute atomic E-state index is 12.2. The third-order valence-corrected chi connectivity index (χ3v) is 4.62. The van der Waals surface area contributed by atoms with Gasteiger partial charge in [-0.3, -0.25) is 4.79 Å². The van der Waals surface area contributed by atoms with E-state index in [4.69, 9.17) is 32.7 Å². The van der Waals surface area contributed by atoms with Crippen molar-refractivity contribution in [1.82, 2.24) is 4.98 Å². The van der Waals surface area contributed by atoms with Crippen LogP contribution < -0.4 is 10.1 Å². The number of anilines is 1. The zero-order chi connectivity index (χ0) is 18.4. The number of hydrogen-bond donors (Lipinski definition) is 1. The van der Waals surface area contributed by atoms with Gasteiger partial charge in [0, 0.05) is 6.20 Å². The van der Waals surface area contributed by atoms with Crippen molar-refractivity contribution in [3.8, 4) is 11.6 Å². The summed E-state index contributed by atoms with van der Waals surface area (Å²) in [6.45, 7) is 0.0267. The van der Waals surface area contributed by atoms with E-state index in [2.05, 4.69) is 10.3 Å². The highest BCUT2D eigenvalue weighted by atomic mass is 35.5. The lowest BCUT2D eigenvalue weighted by atomic mass is 9.98. The lowest BCUT2D eigenvalue weighted by molar-refractivity contribution is -0.123. The Bertz CT molecular complexity index is 764. The number of carbonyl (C=O) groups excluding carboxylic acids is 1. The molecule has 1 aliphatic carbocycles. The minimum Gasteiger partial charge on any atom is -0.435 e. The van der Waals surface area contributed by atoms with Gasteiger partial charge in [0.2, 0.25) is 11.8 Å². The van der Waals surface area contributed by atoms with Crippen LogP contribution in [0.5, 0.6) is 11.6 Å². The van der Waals surface area contributed by atoms with Crippen LogP contribution in [0.3, 0.4) is 0 Å². The van der Waals surface area contributed by atoms with E-state index in [9.17, 15) is 4.79 Å². The van der Waals surface area contributed by atoms with E-state index in [-0.39, 0.29) is 24.5 Å². The van der Waals surface area contributed by atoms with Gasteiger partial charge in [0.15, 0.2) is 5.75 Å². The zero-order valence-electron chi connectivity index (χ0n) is 14.2. The van der Waals surface area contributed by atoms with E-state index in [1.165, 1.54) is 12.6 Å². The summed E-state index contributed by atoms with van der Waals surface area (Å²) in [5.41, 5.74) is 0.526. The largest absolute Gasteiger partial charge is 0.435 e. The SMILES string of the molecule is O=C(COC1CCCCC1)Nc1ccccc1Oc1ncc(Cl)cc1Cl. The smallest absolute Gasteiger partial charge is 0.250 e. The van der Waals surface area contributed by atoms with Crippen molar-refractivity contribution in [2.75, 3.05) is 11.9 Å². The van der Waals surface area contributed by atoms with Crippen molar-refractivity contribution in [3.63, 3.8) is 0 Å². The van der Waals surface area contributed by atoms with Gasteiger partial charge in [-0.25, -0.2) is 4.98 Å². The average molecular weight is 395 g/mol. The number of ether oxygens (including phenoxy) is 2. The van der Waals surface area contributed by atoms with Gasteiger partial charge >= 0.3 is 0 Å². The van der Waals surface area contributed by atoms with E-state index in [1.54, 1.807) is 30.3 Å². The maximum atomic E-state index is 12.2. The number of nitrogens with one attached hydrogen (secondary N) is 1. The summed E-state index contributed by atoms with van der Waals surface area (Å²) in [7, 11) is 0. The first-order chi connectivity index (χ1) is 12.6. The molecule has 1 N–H and O–H groups in total. The first kappa shape index (κ1) is 19.0. The molecule has 0 atom stereocenters. The van der Waals surface area contributed by atoms with Gasteiger partial charge in [-0.2, -0.15) is 0 Å². The Labute approximate surface area is 162 Å². The Morgan fingerprint density at radius 3 is 2.73 bits per heavy atom. The van der Waals surface area contributed by atoms with Crippen LogP contribution in [0, 0.1) is 0 Å². The predicted molar refractivity (Wildman–Crippen MR) is 102 cm³/mol. The summed E-state index contributed by atoms with van der Waals surface area (Å²) in [4.78, 5) is 16.3. The number of hydrogen-bond acceptors (Lipinski definition) is 4. The molecule has 0 bridgehead atoms. The molecule has 1 aromatic heterocycles. The molecule has 0 spiro atoms. The number of carbonyl (C=O) groups is 1. The number of halogens is 2. The molecule has 0 aliphatic heterocycles. The van der Waals surface area contributed by atoms with Crippen molar-refractivity contribution in [3.05, 3.63) is 46.6 Å². The summed E-state index contributed by atoms with van der Waals surface area (Å²) in [5, 5.41) is 3.53. The molecule has 0 saturated heterocycles. The average Bonchev–Trinajstić information content (AvgIpc) is 2.65. The summed E-state index contributed by atoms with van der Waals surface area (Å²) in [5.74, 6) is 0.438. The Morgan fingerprint density at radius 2 is 1.96 bits per heavy atom. The summed E-state index contributed by atoms with van der Waals surface area (Å²) in [6.07, 6.45) is 7.25. The molecule has 1 aliphatic rings. The van der Waals surface area contributed by atoms with Crippen molar-refractivity contribution in [2.24, 2.45) is 0 Å². The van der Waals surface area contributed by atoms with Gasteiger partial charge in [-0.1, -0.05) is 54.6 Å². The summed E-state index contributed by atoms with van der Waals surface area (Å²) >= 11 is 11.9. The Balaban J connectivity index is 1.62. The Kier molecular flexibility index (Phi) is 6.72. The minimum absolute atomic E-state index is 0.0267. The Hall–Kier alpha value is -1.82. The molecule has 7 heteroatoms. The number of aromatic nitrogens is 1. The lowest BCUT2D eigenvalue weighted by Crippen LogP contribution is -2.24. The zero-order valence-corrected chi connectivity index (χ0v) is 15.7. The molecule has 3 rings (SSSR count). The van der Waals surface area contributed by atoms with E-state index < -0.39 is 0 Å². The van der Waals surface area contributed by atoms with Crippen molar-refractivity contribution < 1.29 is 14.3 Å². The second kappa shape index (κ2) is 9.21. The number of amides is 1. The molecule has 1 saturated carbocycles. The van der Waals surface area contributed by atoms with E-state index >= 15 is 0 Å². The van der Waals surface area contributed by atoms with E-state index in [0.29, 0.717) is 21.5 Å². The molecule has 1 amide bonds. The second-order valence-electron chi connectivity index (χ2n) is 6.16. The number of benzene rings is 1. The van der Waals surface area contributed by atoms with Crippen LogP contribution in [0.1, 0.15) is 32.1 Å². The number of pyridine rings is 1. The molecule has 1 aromatic carbocycles. The standard InChI is InChI=1S/C19H20Cl2N2O3/c20-13-10-15(21)19(22-11-13)26-17-9-5-4-8-16(17)23-18(24)12-25-14-6-2-1-3-7-14/h4-5,8-11,14H,1-3,6-7,12H2,(H,23,24). The molecular weight excluding hydrogens is 375 g/mol. The van der Waals surface area contributed by atoms with Crippen LogP contribution in [0.15, 0.2) is 36.5 Å². The fourth-order valence-corrected chi connectivity index (χ4v) is 3.27. The molecule has 138 valence electrons. The van der Waals surface area contributed by atoms with Gasteiger partial charge in [0.05, 0.1) is 16.8 Å². The van der Waals surface area contributed by atoms with Crippen LogP contribution in [-0.2, 0) is 9.53 Å². The predicted octanol–water partition coefficient (Wildman–Crippen LogP) is 5.47. The maximum Gasteiger partial charge on any atom is 0.250 e. The normalized spacial score (nSPS) is 14.8. The molecule has 26 heavy (non-hydrogen) atoms. The summed E-state index contributed by atoms with van der Waals surface area (Å²) < 4.78 is 11.4. The number of rotatable bonds is 6. The van der Waals surface area contributed by atoms with Gasteiger partial charge in [0.1, 0.15) is 11.6 Å². The highest BCUT2D eigenvalue weighted by molar-refractivity contribution is 6.35. The van der Waals surface area contributed by atoms with Crippen molar-refractivity contribution >= 4 is 34.8 Å². The van der Waals surface area contributed by atoms with E-state index in [1.807, 2.05) is 0 Å². The lowest BCUT2D eigenvalue weighted by Gasteiger charge is -2.21. The quantitative estimate of drug-likeness (QED) is 0.705.